The smallest absolute Gasteiger partial charge is 0.388 e. The van der Waals surface area contributed by atoms with Crippen molar-refractivity contribution in [3.63, 3.8) is 0 Å². The highest BCUT2D eigenvalue weighted by Crippen LogP contribution is 2.47. The monoisotopic (exact) mass is 366 g/mol. The first-order chi connectivity index (χ1) is 11.3. The van der Waals surface area contributed by atoms with Crippen molar-refractivity contribution in [2.24, 2.45) is 0 Å². The number of methoxy groups -OCH3 is 2. The first-order valence-electron chi connectivity index (χ1n) is 7.94. The third-order valence-corrected chi connectivity index (χ3v) is 5.24. The predicted octanol–water partition coefficient (Wildman–Crippen LogP) is -2.38. The molecule has 2 N–H and O–H groups in total. The maximum atomic E-state index is 12.2. The average Bonchev–Trinajstić information content (AvgIpc) is 3.00. The number of aliphatic hydroxyl groups is 1. The fraction of sp³-hybridized carbons (Fsp3) is 1.00. The molecule has 8 atom stereocenters. The van der Waals surface area contributed by atoms with Crippen molar-refractivity contribution < 1.29 is 42.6 Å². The van der Waals surface area contributed by atoms with E-state index in [2.05, 4.69) is 0 Å². The number of phosphoric ester groups is 1. The van der Waals surface area contributed by atoms with Crippen LogP contribution in [0.1, 0.15) is 6.42 Å². The molecule has 12 heteroatoms. The van der Waals surface area contributed by atoms with Crippen LogP contribution >= 0.6 is 7.82 Å². The van der Waals surface area contributed by atoms with E-state index < -0.39 is 38.2 Å². The molecule has 2 aliphatic rings. The van der Waals surface area contributed by atoms with Gasteiger partial charge in [-0.15, -0.1) is 0 Å². The first kappa shape index (κ1) is 20.4. The quantitative estimate of drug-likeness (QED) is 0.359. The van der Waals surface area contributed by atoms with Crippen LogP contribution in [0.25, 0.3) is 0 Å². The number of hydrogen-bond donors (Lipinski definition) is 2. The lowest BCUT2D eigenvalue weighted by Gasteiger charge is -2.24. The Morgan fingerprint density at radius 2 is 1.92 bits per heavy atom. The van der Waals surface area contributed by atoms with E-state index in [1.54, 1.807) is 15.0 Å². The van der Waals surface area contributed by atoms with Crippen LogP contribution in [0.5, 0.6) is 0 Å². The Bertz CT molecular complexity index is 456. The van der Waals surface area contributed by atoms with Gasteiger partial charge in [0.05, 0.1) is 25.3 Å². The molecule has 0 aromatic heterocycles. The fourth-order valence-electron chi connectivity index (χ4n) is 3.02. The van der Waals surface area contributed by atoms with E-state index in [4.69, 9.17) is 28.0 Å². The summed E-state index contributed by atoms with van der Waals surface area (Å²) in [5.74, 6) is 0. The van der Waals surface area contributed by atoms with Crippen molar-refractivity contribution in [2.75, 3.05) is 27.4 Å². The molecule has 24 heavy (non-hydrogen) atoms. The molecule has 0 bridgehead atoms. The highest BCUT2D eigenvalue weighted by atomic mass is 31.2. The van der Waals surface area contributed by atoms with E-state index in [9.17, 15) is 14.6 Å². The Hall–Kier alpha value is 0.0399. The van der Waals surface area contributed by atoms with E-state index in [0.29, 0.717) is 6.42 Å². The van der Waals surface area contributed by atoms with Crippen molar-refractivity contribution in [2.45, 2.75) is 48.9 Å². The van der Waals surface area contributed by atoms with Crippen LogP contribution in [-0.2, 0) is 32.6 Å². The fourth-order valence-corrected chi connectivity index (χ4v) is 3.98. The van der Waals surface area contributed by atoms with Gasteiger partial charge in [0.15, 0.2) is 0 Å². The summed E-state index contributed by atoms with van der Waals surface area (Å²) in [6.07, 6.45) is -2.70. The number of aliphatic hydroxyl groups excluding tert-OH is 1. The summed E-state index contributed by atoms with van der Waals surface area (Å²) >= 11 is 0. The van der Waals surface area contributed by atoms with E-state index in [1.807, 2.05) is 7.85 Å². The van der Waals surface area contributed by atoms with Crippen LogP contribution < -0.4 is 0 Å². The first-order valence-corrected chi connectivity index (χ1v) is 9.43. The Morgan fingerprint density at radius 1 is 1.21 bits per heavy atom. The molecule has 138 valence electrons. The van der Waals surface area contributed by atoms with Gasteiger partial charge in [0, 0.05) is 20.2 Å². The molecule has 0 radical (unpaired) electrons. The van der Waals surface area contributed by atoms with Gasteiger partial charge in [-0.05, 0) is 6.42 Å². The van der Waals surface area contributed by atoms with Gasteiger partial charge in [-0.3, -0.25) is 9.05 Å². The Labute approximate surface area is 143 Å². The summed E-state index contributed by atoms with van der Waals surface area (Å²) in [4.78, 5) is 9.96. The molecule has 2 aliphatic heterocycles. The second-order valence-corrected chi connectivity index (χ2v) is 7.56. The molecule has 9 nitrogen and oxygen atoms in total. The van der Waals surface area contributed by atoms with Crippen LogP contribution in [0, 0.1) is 0 Å². The second kappa shape index (κ2) is 8.62. The van der Waals surface area contributed by atoms with Gasteiger partial charge in [-0.25, -0.2) is 4.57 Å². The van der Waals surface area contributed by atoms with Gasteiger partial charge in [-0.2, -0.15) is 0 Å². The van der Waals surface area contributed by atoms with Crippen LogP contribution in [-0.4, -0.2) is 95.7 Å². The summed E-state index contributed by atoms with van der Waals surface area (Å²) < 4.78 is 43.7. The van der Waals surface area contributed by atoms with Crippen LogP contribution in [0.15, 0.2) is 0 Å². The summed E-state index contributed by atoms with van der Waals surface area (Å²) in [6, 6.07) is -0.549. The largest absolute Gasteiger partial charge is 0.472 e. The zero-order valence-electron chi connectivity index (χ0n) is 14.4. The maximum Gasteiger partial charge on any atom is 0.472 e. The highest BCUT2D eigenvalue weighted by molar-refractivity contribution is 7.47. The Kier molecular flexibility index (Phi) is 7.31. The maximum absolute atomic E-state index is 12.2. The summed E-state index contributed by atoms with van der Waals surface area (Å²) in [7, 11) is 2.15. The minimum absolute atomic E-state index is 0.0143. The Balaban J connectivity index is 1.91. The minimum Gasteiger partial charge on any atom is -0.388 e. The number of hydrogen-bond acceptors (Lipinski definition) is 8. The van der Waals surface area contributed by atoms with E-state index in [1.165, 1.54) is 7.11 Å². The molecule has 0 amide bonds. The van der Waals surface area contributed by atoms with E-state index in [-0.39, 0.29) is 25.3 Å². The second-order valence-electron chi connectivity index (χ2n) is 6.15. The van der Waals surface area contributed by atoms with Crippen molar-refractivity contribution in [3.05, 3.63) is 0 Å². The van der Waals surface area contributed by atoms with Crippen LogP contribution in [0.4, 0.5) is 0 Å². The molecule has 0 spiro atoms. The number of phosphoric acid groups is 1. The van der Waals surface area contributed by atoms with Gasteiger partial charge in [-0.1, -0.05) is 0 Å². The molecule has 0 saturated carbocycles. The van der Waals surface area contributed by atoms with Crippen molar-refractivity contribution in [1.82, 2.24) is 0 Å². The molecule has 2 heterocycles. The zero-order valence-corrected chi connectivity index (χ0v) is 15.3. The predicted molar refractivity (Wildman–Crippen MR) is 88.4 cm³/mol. The normalized spacial score (nSPS) is 42.2. The molecular formula is C12H25B2O9P. The zero-order chi connectivity index (χ0) is 17.9. The third-order valence-electron chi connectivity index (χ3n) is 4.25. The third kappa shape index (κ3) is 5.03. The lowest BCUT2D eigenvalue weighted by atomic mass is 9.93. The van der Waals surface area contributed by atoms with Crippen molar-refractivity contribution >= 4 is 23.5 Å². The lowest BCUT2D eigenvalue weighted by Crippen LogP contribution is -2.37. The van der Waals surface area contributed by atoms with Gasteiger partial charge in [0.1, 0.15) is 40.1 Å². The molecule has 2 fully saturated rings. The number of ether oxygens (including phenoxy) is 4. The van der Waals surface area contributed by atoms with Crippen molar-refractivity contribution in [3.8, 4) is 0 Å². The van der Waals surface area contributed by atoms with Crippen LogP contribution in [0.2, 0.25) is 0 Å². The molecule has 0 aromatic carbocycles. The van der Waals surface area contributed by atoms with Gasteiger partial charge in [0.2, 0.25) is 0 Å². The van der Waals surface area contributed by atoms with Gasteiger partial charge in [0.25, 0.3) is 0 Å². The number of rotatable bonds is 8. The standard InChI is InChI=1S/C12H25B2O9P/c1-18-4-8-11(10(15)12(14)22-8)23-24(16,17)20-5-7-6(19-2)3-9(13)21-7/h6-12,15H,3-5,13-14H2,1-2H3,(H,16,17). The lowest BCUT2D eigenvalue weighted by molar-refractivity contribution is -0.0413. The SMILES string of the molecule is BC1CC(OC)C(COP(=O)(O)OC2C(COC)OC(B)C2O)O1. The summed E-state index contributed by atoms with van der Waals surface area (Å²) in [6.45, 7) is -0.0220. The summed E-state index contributed by atoms with van der Waals surface area (Å²) in [5, 5.41) is 10.1. The minimum atomic E-state index is -4.41. The van der Waals surface area contributed by atoms with E-state index >= 15 is 0 Å². The molecule has 2 saturated heterocycles. The van der Waals surface area contributed by atoms with Crippen molar-refractivity contribution in [1.29, 1.82) is 0 Å². The summed E-state index contributed by atoms with van der Waals surface area (Å²) in [5.41, 5.74) is 0. The van der Waals surface area contributed by atoms with E-state index in [0.717, 1.165) is 0 Å². The van der Waals surface area contributed by atoms with Gasteiger partial charge < -0.3 is 28.9 Å². The molecule has 0 aliphatic carbocycles. The molecule has 0 aromatic rings. The van der Waals surface area contributed by atoms with Gasteiger partial charge >= 0.3 is 7.82 Å². The molecule has 2 rings (SSSR count). The average molecular weight is 366 g/mol. The topological polar surface area (TPSA) is 113 Å². The van der Waals surface area contributed by atoms with Crippen LogP contribution in [0.3, 0.4) is 0 Å². The molecule has 8 unspecified atom stereocenters. The highest BCUT2D eigenvalue weighted by Gasteiger charge is 2.46. The molecular weight excluding hydrogens is 341 g/mol. The Morgan fingerprint density at radius 3 is 2.54 bits per heavy atom.